The summed E-state index contributed by atoms with van der Waals surface area (Å²) in [5.41, 5.74) is 1.53. The third-order valence-electron chi connectivity index (χ3n) is 5.54. The standard InChI is InChI=1S/C18H26N2S/c1-2-6-15(7-3-1)18-13-19-10-5-4-8-16(19)12-20(18)17-9-11-21-14-17/h1-3,6-7,16-18H,4-5,8-14H2. The predicted molar refractivity (Wildman–Crippen MR) is 90.8 cm³/mol. The molecule has 0 saturated carbocycles. The first-order valence-corrected chi connectivity index (χ1v) is 9.70. The predicted octanol–water partition coefficient (Wildman–Crippen LogP) is 3.40. The number of piperazine rings is 1. The third-order valence-corrected chi connectivity index (χ3v) is 6.68. The van der Waals surface area contributed by atoms with Crippen molar-refractivity contribution in [1.82, 2.24) is 9.80 Å². The van der Waals surface area contributed by atoms with Crippen LogP contribution in [-0.2, 0) is 0 Å². The molecule has 3 saturated heterocycles. The fraction of sp³-hybridized carbons (Fsp3) is 0.667. The fourth-order valence-corrected chi connectivity index (χ4v) is 5.60. The first-order chi connectivity index (χ1) is 10.4. The Hall–Kier alpha value is -0.510. The van der Waals surface area contributed by atoms with E-state index in [1.807, 2.05) is 0 Å². The highest BCUT2D eigenvalue weighted by atomic mass is 32.2. The molecular formula is C18H26N2S. The van der Waals surface area contributed by atoms with E-state index in [4.69, 9.17) is 0 Å². The minimum absolute atomic E-state index is 0.615. The van der Waals surface area contributed by atoms with E-state index in [-0.39, 0.29) is 0 Å². The first kappa shape index (κ1) is 14.1. The van der Waals surface area contributed by atoms with Crippen LogP contribution in [-0.4, -0.2) is 53.0 Å². The van der Waals surface area contributed by atoms with E-state index in [1.165, 1.54) is 62.4 Å². The maximum Gasteiger partial charge on any atom is 0.0479 e. The van der Waals surface area contributed by atoms with Crippen LogP contribution in [0.4, 0.5) is 0 Å². The van der Waals surface area contributed by atoms with Crippen LogP contribution in [0.2, 0.25) is 0 Å². The van der Waals surface area contributed by atoms with Crippen molar-refractivity contribution in [3.8, 4) is 0 Å². The molecule has 1 aromatic carbocycles. The Labute approximate surface area is 132 Å². The molecule has 4 rings (SSSR count). The fourth-order valence-electron chi connectivity index (χ4n) is 4.36. The van der Waals surface area contributed by atoms with Crippen molar-refractivity contribution >= 4 is 11.8 Å². The summed E-state index contributed by atoms with van der Waals surface area (Å²) in [6.45, 7) is 3.86. The lowest BCUT2D eigenvalue weighted by Crippen LogP contribution is -2.58. The second kappa shape index (κ2) is 6.31. The summed E-state index contributed by atoms with van der Waals surface area (Å²) in [6.07, 6.45) is 5.64. The van der Waals surface area contributed by atoms with Crippen molar-refractivity contribution in [3.05, 3.63) is 35.9 Å². The van der Waals surface area contributed by atoms with Gasteiger partial charge in [-0.25, -0.2) is 0 Å². The molecule has 0 aliphatic carbocycles. The Kier molecular flexibility index (Phi) is 4.24. The Morgan fingerprint density at radius 2 is 1.86 bits per heavy atom. The second-order valence-corrected chi connectivity index (χ2v) is 7.94. The van der Waals surface area contributed by atoms with E-state index in [9.17, 15) is 0 Å². The summed E-state index contributed by atoms with van der Waals surface area (Å²) in [5, 5.41) is 0. The number of thioether (sulfide) groups is 1. The van der Waals surface area contributed by atoms with Crippen LogP contribution in [0.15, 0.2) is 30.3 Å². The van der Waals surface area contributed by atoms with E-state index in [0.717, 1.165) is 12.1 Å². The lowest BCUT2D eigenvalue weighted by molar-refractivity contribution is -0.0100. The van der Waals surface area contributed by atoms with Crippen molar-refractivity contribution < 1.29 is 0 Å². The van der Waals surface area contributed by atoms with Crippen LogP contribution >= 0.6 is 11.8 Å². The summed E-state index contributed by atoms with van der Waals surface area (Å²) in [7, 11) is 0. The second-order valence-electron chi connectivity index (χ2n) is 6.79. The lowest BCUT2D eigenvalue weighted by atomic mass is 9.92. The van der Waals surface area contributed by atoms with Gasteiger partial charge in [-0.2, -0.15) is 11.8 Å². The molecular weight excluding hydrogens is 276 g/mol. The number of fused-ring (bicyclic) bond motifs is 1. The van der Waals surface area contributed by atoms with Gasteiger partial charge in [0.2, 0.25) is 0 Å². The molecule has 1 aromatic rings. The van der Waals surface area contributed by atoms with Crippen molar-refractivity contribution in [3.63, 3.8) is 0 Å². The molecule has 0 bridgehead atoms. The summed E-state index contributed by atoms with van der Waals surface area (Å²) in [6, 6.07) is 13.5. The molecule has 3 unspecified atom stereocenters. The Bertz CT molecular complexity index is 458. The van der Waals surface area contributed by atoms with Gasteiger partial charge < -0.3 is 0 Å². The number of rotatable bonds is 2. The topological polar surface area (TPSA) is 6.48 Å². The van der Waals surface area contributed by atoms with E-state index in [1.54, 1.807) is 0 Å². The van der Waals surface area contributed by atoms with Crippen LogP contribution in [0, 0.1) is 0 Å². The van der Waals surface area contributed by atoms with Crippen LogP contribution < -0.4 is 0 Å². The van der Waals surface area contributed by atoms with Gasteiger partial charge in [0.25, 0.3) is 0 Å². The molecule has 0 amide bonds. The number of nitrogens with zero attached hydrogens (tertiary/aromatic N) is 2. The van der Waals surface area contributed by atoms with Crippen molar-refractivity contribution in [2.24, 2.45) is 0 Å². The van der Waals surface area contributed by atoms with Crippen LogP contribution in [0.3, 0.4) is 0 Å². The van der Waals surface area contributed by atoms with Crippen molar-refractivity contribution in [2.75, 3.05) is 31.1 Å². The SMILES string of the molecule is c1ccc(C2CN3CCCCC3CN2C2CCSC2)cc1. The molecule has 3 heterocycles. The zero-order valence-corrected chi connectivity index (χ0v) is 13.6. The zero-order chi connectivity index (χ0) is 14.1. The zero-order valence-electron chi connectivity index (χ0n) is 12.8. The minimum atomic E-state index is 0.615. The highest BCUT2D eigenvalue weighted by Gasteiger charge is 2.39. The van der Waals surface area contributed by atoms with Gasteiger partial charge in [0.1, 0.15) is 0 Å². The van der Waals surface area contributed by atoms with Crippen LogP contribution in [0.1, 0.15) is 37.3 Å². The van der Waals surface area contributed by atoms with Gasteiger partial charge in [0, 0.05) is 37.0 Å². The summed E-state index contributed by atoms with van der Waals surface area (Å²) < 4.78 is 0. The minimum Gasteiger partial charge on any atom is -0.297 e. The number of benzene rings is 1. The van der Waals surface area contributed by atoms with Crippen LogP contribution in [0.25, 0.3) is 0 Å². The molecule has 0 aromatic heterocycles. The molecule has 0 spiro atoms. The molecule has 3 fully saturated rings. The summed E-state index contributed by atoms with van der Waals surface area (Å²) >= 11 is 2.15. The maximum atomic E-state index is 2.86. The van der Waals surface area contributed by atoms with Gasteiger partial charge in [0.15, 0.2) is 0 Å². The van der Waals surface area contributed by atoms with Crippen molar-refractivity contribution in [2.45, 2.75) is 43.8 Å². The Morgan fingerprint density at radius 1 is 0.952 bits per heavy atom. The molecule has 3 aliphatic rings. The summed E-state index contributed by atoms with van der Waals surface area (Å²) in [5.74, 6) is 2.70. The van der Waals surface area contributed by atoms with Gasteiger partial charge in [-0.05, 0) is 37.1 Å². The average molecular weight is 302 g/mol. The Balaban J connectivity index is 1.60. The van der Waals surface area contributed by atoms with E-state index in [2.05, 4.69) is 51.9 Å². The Morgan fingerprint density at radius 3 is 2.67 bits per heavy atom. The highest BCUT2D eigenvalue weighted by molar-refractivity contribution is 7.99. The summed E-state index contributed by atoms with van der Waals surface area (Å²) in [4.78, 5) is 5.64. The smallest absolute Gasteiger partial charge is 0.0479 e. The van der Waals surface area contributed by atoms with Crippen molar-refractivity contribution in [1.29, 1.82) is 0 Å². The normalized spacial score (nSPS) is 34.8. The average Bonchev–Trinajstić information content (AvgIpc) is 3.09. The van der Waals surface area contributed by atoms with E-state index in [0.29, 0.717) is 6.04 Å². The molecule has 3 atom stereocenters. The number of hydrogen-bond donors (Lipinski definition) is 0. The quantitative estimate of drug-likeness (QED) is 0.827. The number of hydrogen-bond acceptors (Lipinski definition) is 3. The molecule has 3 aliphatic heterocycles. The first-order valence-electron chi connectivity index (χ1n) is 8.54. The molecule has 3 heteroatoms. The number of piperidine rings is 1. The van der Waals surface area contributed by atoms with E-state index < -0.39 is 0 Å². The highest BCUT2D eigenvalue weighted by Crippen LogP contribution is 2.36. The maximum absolute atomic E-state index is 2.86. The molecule has 0 N–H and O–H groups in total. The lowest BCUT2D eigenvalue weighted by Gasteiger charge is -2.50. The van der Waals surface area contributed by atoms with E-state index >= 15 is 0 Å². The molecule has 21 heavy (non-hydrogen) atoms. The molecule has 114 valence electrons. The van der Waals surface area contributed by atoms with Gasteiger partial charge in [-0.3, -0.25) is 9.80 Å². The molecule has 0 radical (unpaired) electrons. The van der Waals surface area contributed by atoms with Gasteiger partial charge >= 0.3 is 0 Å². The monoisotopic (exact) mass is 302 g/mol. The molecule has 2 nitrogen and oxygen atoms in total. The largest absolute Gasteiger partial charge is 0.297 e. The third kappa shape index (κ3) is 2.88. The van der Waals surface area contributed by atoms with Gasteiger partial charge in [-0.15, -0.1) is 0 Å². The van der Waals surface area contributed by atoms with Gasteiger partial charge in [0.05, 0.1) is 0 Å². The van der Waals surface area contributed by atoms with Crippen LogP contribution in [0.5, 0.6) is 0 Å². The van der Waals surface area contributed by atoms with Gasteiger partial charge in [-0.1, -0.05) is 36.8 Å².